The number of hydrogen-bond donors (Lipinski definition) is 4. The molecule has 0 bridgehead atoms. The molecule has 6 heteroatoms. The third-order valence-corrected chi connectivity index (χ3v) is 2.17. The van der Waals surface area contributed by atoms with Crippen molar-refractivity contribution in [3.05, 3.63) is 0 Å². The number of aliphatic hydroxyl groups is 3. The molecule has 1 saturated heterocycles. The van der Waals surface area contributed by atoms with Gasteiger partial charge in [0.05, 0.1) is 12.6 Å². The maximum absolute atomic E-state index is 9.40. The minimum absolute atomic E-state index is 0.315. The van der Waals surface area contributed by atoms with Crippen LogP contribution in [0.2, 0.25) is 0 Å². The molecule has 1 rings (SSSR count). The molecule has 0 aliphatic carbocycles. The van der Waals surface area contributed by atoms with Crippen LogP contribution in [-0.2, 0) is 9.47 Å². The molecule has 1 fully saturated rings. The topological polar surface area (TPSA) is 105 Å². The lowest BCUT2D eigenvalue weighted by Gasteiger charge is -2.39. The number of nitrogens with two attached hydrogens (primary N) is 1. The van der Waals surface area contributed by atoms with Crippen LogP contribution in [0, 0.1) is 0 Å². The van der Waals surface area contributed by atoms with Crippen LogP contribution in [0.3, 0.4) is 0 Å². The minimum Gasteiger partial charge on any atom is -0.394 e. The molecule has 1 aliphatic rings. The van der Waals surface area contributed by atoms with E-state index in [9.17, 15) is 10.2 Å². The van der Waals surface area contributed by atoms with E-state index in [0.717, 1.165) is 0 Å². The molecule has 0 aromatic carbocycles. The summed E-state index contributed by atoms with van der Waals surface area (Å²) in [6, 6.07) is -0.800. The summed E-state index contributed by atoms with van der Waals surface area (Å²) < 4.78 is 9.83. The Kier molecular flexibility index (Phi) is 3.60. The molecule has 0 radical (unpaired) electrons. The zero-order valence-electron chi connectivity index (χ0n) is 7.33. The molecule has 0 amide bonds. The van der Waals surface area contributed by atoms with E-state index in [1.54, 1.807) is 0 Å². The van der Waals surface area contributed by atoms with Gasteiger partial charge in [-0.1, -0.05) is 0 Å². The van der Waals surface area contributed by atoms with Crippen LogP contribution in [-0.4, -0.2) is 59.7 Å². The number of aliphatic hydroxyl groups excluding tert-OH is 3. The quantitative estimate of drug-likeness (QED) is 0.383. The standard InChI is InChI=1S/C7H15NO5/c1-12-7-6(11)5(10)4(8)3(2-9)13-7/h3-7,9-11H,2,8H2,1H3/t3-,4-,5+,6-,7+/m1/s1. The van der Waals surface area contributed by atoms with Gasteiger partial charge in [-0.05, 0) is 0 Å². The zero-order chi connectivity index (χ0) is 10.0. The first-order chi connectivity index (χ1) is 6.11. The number of hydrogen-bond acceptors (Lipinski definition) is 6. The van der Waals surface area contributed by atoms with E-state index in [2.05, 4.69) is 0 Å². The summed E-state index contributed by atoms with van der Waals surface area (Å²) in [7, 11) is 1.34. The molecule has 78 valence electrons. The van der Waals surface area contributed by atoms with E-state index in [-0.39, 0.29) is 6.61 Å². The van der Waals surface area contributed by atoms with Crippen molar-refractivity contribution in [1.82, 2.24) is 0 Å². The summed E-state index contributed by atoms with van der Waals surface area (Å²) in [6.45, 7) is -0.315. The van der Waals surface area contributed by atoms with Crippen molar-refractivity contribution in [2.45, 2.75) is 30.6 Å². The number of methoxy groups -OCH3 is 1. The lowest BCUT2D eigenvalue weighted by atomic mass is 9.97. The minimum atomic E-state index is -1.18. The average Bonchev–Trinajstić information content (AvgIpc) is 2.15. The Morgan fingerprint density at radius 2 is 2.00 bits per heavy atom. The molecule has 0 spiro atoms. The third-order valence-electron chi connectivity index (χ3n) is 2.17. The summed E-state index contributed by atoms with van der Waals surface area (Å²) in [4.78, 5) is 0. The van der Waals surface area contributed by atoms with E-state index in [4.69, 9.17) is 20.3 Å². The van der Waals surface area contributed by atoms with Crippen LogP contribution < -0.4 is 5.73 Å². The van der Waals surface area contributed by atoms with Gasteiger partial charge in [0.15, 0.2) is 6.29 Å². The fourth-order valence-corrected chi connectivity index (χ4v) is 1.31. The summed E-state index contributed by atoms with van der Waals surface area (Å²) in [5.74, 6) is 0. The van der Waals surface area contributed by atoms with Gasteiger partial charge in [0.1, 0.15) is 18.3 Å². The van der Waals surface area contributed by atoms with Gasteiger partial charge >= 0.3 is 0 Å². The van der Waals surface area contributed by atoms with Crippen molar-refractivity contribution >= 4 is 0 Å². The first kappa shape index (κ1) is 10.8. The van der Waals surface area contributed by atoms with E-state index >= 15 is 0 Å². The van der Waals surface area contributed by atoms with Gasteiger partial charge in [0, 0.05) is 7.11 Å². The van der Waals surface area contributed by atoms with E-state index in [0.29, 0.717) is 0 Å². The molecule has 0 aromatic heterocycles. The SMILES string of the molecule is CO[C@H]1O[C@H](CO)[C@@H](N)[C@H](O)[C@H]1O. The summed E-state index contributed by atoms with van der Waals surface area (Å²) in [5, 5.41) is 27.6. The Labute approximate surface area is 75.9 Å². The van der Waals surface area contributed by atoms with Gasteiger partial charge in [-0.15, -0.1) is 0 Å². The lowest BCUT2D eigenvalue weighted by Crippen LogP contribution is -2.62. The summed E-state index contributed by atoms with van der Waals surface area (Å²) in [5.41, 5.74) is 5.49. The van der Waals surface area contributed by atoms with Crippen molar-refractivity contribution in [3.8, 4) is 0 Å². The molecule has 13 heavy (non-hydrogen) atoms. The highest BCUT2D eigenvalue weighted by Gasteiger charge is 2.42. The highest BCUT2D eigenvalue weighted by atomic mass is 16.7. The largest absolute Gasteiger partial charge is 0.394 e. The second-order valence-corrected chi connectivity index (χ2v) is 3.02. The van der Waals surface area contributed by atoms with Crippen molar-refractivity contribution in [2.75, 3.05) is 13.7 Å². The van der Waals surface area contributed by atoms with Crippen LogP contribution in [0.1, 0.15) is 0 Å². The van der Waals surface area contributed by atoms with Crippen molar-refractivity contribution < 1.29 is 24.8 Å². The fraction of sp³-hybridized carbons (Fsp3) is 1.00. The molecule has 0 aromatic rings. The van der Waals surface area contributed by atoms with Crippen molar-refractivity contribution in [3.63, 3.8) is 0 Å². The maximum atomic E-state index is 9.40. The van der Waals surface area contributed by atoms with Gasteiger partial charge in [0.25, 0.3) is 0 Å². The Morgan fingerprint density at radius 1 is 1.38 bits per heavy atom. The molecule has 5 N–H and O–H groups in total. The molecule has 6 nitrogen and oxygen atoms in total. The number of rotatable bonds is 2. The summed E-state index contributed by atoms with van der Waals surface area (Å²) in [6.07, 6.45) is -3.96. The van der Waals surface area contributed by atoms with Gasteiger partial charge in [-0.2, -0.15) is 0 Å². The predicted octanol–water partition coefficient (Wildman–Crippen LogP) is -2.60. The van der Waals surface area contributed by atoms with Gasteiger partial charge in [0.2, 0.25) is 0 Å². The molecule has 1 heterocycles. The first-order valence-electron chi connectivity index (χ1n) is 4.02. The van der Waals surface area contributed by atoms with Gasteiger partial charge in [-0.25, -0.2) is 0 Å². The molecule has 0 saturated carbocycles. The zero-order valence-corrected chi connectivity index (χ0v) is 7.33. The second kappa shape index (κ2) is 4.32. The normalized spacial score (nSPS) is 46.4. The van der Waals surface area contributed by atoms with E-state index in [1.165, 1.54) is 7.11 Å². The Bertz CT molecular complexity index is 147. The predicted molar refractivity (Wildman–Crippen MR) is 42.7 cm³/mol. The first-order valence-corrected chi connectivity index (χ1v) is 4.02. The van der Waals surface area contributed by atoms with Gasteiger partial charge in [-0.3, -0.25) is 0 Å². The molecule has 5 atom stereocenters. The van der Waals surface area contributed by atoms with Crippen molar-refractivity contribution in [2.24, 2.45) is 5.73 Å². The highest BCUT2D eigenvalue weighted by Crippen LogP contribution is 2.19. The number of ether oxygens (including phenoxy) is 2. The van der Waals surface area contributed by atoms with Crippen LogP contribution in [0.25, 0.3) is 0 Å². The van der Waals surface area contributed by atoms with E-state index < -0.39 is 30.6 Å². The smallest absolute Gasteiger partial charge is 0.186 e. The fourth-order valence-electron chi connectivity index (χ4n) is 1.31. The Morgan fingerprint density at radius 3 is 2.46 bits per heavy atom. The molecule has 1 aliphatic heterocycles. The highest BCUT2D eigenvalue weighted by molar-refractivity contribution is 4.91. The van der Waals surface area contributed by atoms with Crippen LogP contribution in [0.4, 0.5) is 0 Å². The maximum Gasteiger partial charge on any atom is 0.186 e. The average molecular weight is 193 g/mol. The molecule has 0 unspecified atom stereocenters. The van der Waals surface area contributed by atoms with E-state index in [1.807, 2.05) is 0 Å². The monoisotopic (exact) mass is 193 g/mol. The van der Waals surface area contributed by atoms with Crippen LogP contribution >= 0.6 is 0 Å². The Hall–Kier alpha value is -0.240. The van der Waals surface area contributed by atoms with Crippen molar-refractivity contribution in [1.29, 1.82) is 0 Å². The molecular weight excluding hydrogens is 178 g/mol. The lowest BCUT2D eigenvalue weighted by molar-refractivity contribution is -0.268. The van der Waals surface area contributed by atoms with Crippen LogP contribution in [0.15, 0.2) is 0 Å². The van der Waals surface area contributed by atoms with Gasteiger partial charge < -0.3 is 30.5 Å². The molecular formula is C7H15NO5. The summed E-state index contributed by atoms with van der Waals surface area (Å²) >= 11 is 0. The second-order valence-electron chi connectivity index (χ2n) is 3.02. The Balaban J connectivity index is 2.66. The third kappa shape index (κ3) is 1.98. The van der Waals surface area contributed by atoms with Crippen LogP contribution in [0.5, 0.6) is 0 Å².